The lowest BCUT2D eigenvalue weighted by Crippen LogP contribution is -2.13. The Morgan fingerprint density at radius 1 is 1.67 bits per heavy atom. The first-order valence-corrected chi connectivity index (χ1v) is 3.36. The van der Waals surface area contributed by atoms with Crippen molar-refractivity contribution < 1.29 is 13.9 Å². The number of methoxy groups -OCH3 is 1. The van der Waals surface area contributed by atoms with Crippen LogP contribution in [0.3, 0.4) is 0 Å². The first-order chi connectivity index (χ1) is 5.74. The molecule has 1 aromatic heterocycles. The molecule has 1 rings (SSSR count). The summed E-state index contributed by atoms with van der Waals surface area (Å²) in [5, 5.41) is 0. The summed E-state index contributed by atoms with van der Waals surface area (Å²) in [7, 11) is 1.27. The van der Waals surface area contributed by atoms with E-state index in [1.165, 1.54) is 25.7 Å². The summed E-state index contributed by atoms with van der Waals surface area (Å²) < 4.78 is 9.12. The zero-order valence-electron chi connectivity index (χ0n) is 6.57. The molecule has 0 spiro atoms. The van der Waals surface area contributed by atoms with E-state index >= 15 is 0 Å². The van der Waals surface area contributed by atoms with Gasteiger partial charge >= 0.3 is 5.97 Å². The van der Waals surface area contributed by atoms with E-state index in [9.17, 15) is 9.59 Å². The van der Waals surface area contributed by atoms with Crippen molar-refractivity contribution in [2.75, 3.05) is 7.11 Å². The number of ether oxygens (including phenoxy) is 1. The molecular formula is C8H8O4. The second kappa shape index (κ2) is 3.71. The summed E-state index contributed by atoms with van der Waals surface area (Å²) in [4.78, 5) is 21.7. The normalized spacial score (nSPS) is 9.42. The van der Waals surface area contributed by atoms with Crippen molar-refractivity contribution in [3.8, 4) is 0 Å². The molecule has 0 bridgehead atoms. The second-order valence-electron chi connectivity index (χ2n) is 2.20. The Bertz CT molecular complexity index is 326. The molecule has 0 unspecified atom stereocenters. The van der Waals surface area contributed by atoms with Crippen molar-refractivity contribution in [3.05, 3.63) is 34.4 Å². The first kappa shape index (κ1) is 8.52. The summed E-state index contributed by atoms with van der Waals surface area (Å²) in [6.45, 7) is 0. The van der Waals surface area contributed by atoms with E-state index in [1.54, 1.807) is 0 Å². The minimum Gasteiger partial charge on any atom is -0.472 e. The highest BCUT2D eigenvalue weighted by Gasteiger charge is 2.05. The van der Waals surface area contributed by atoms with Crippen LogP contribution in [-0.2, 0) is 16.0 Å². The minimum atomic E-state index is -0.450. The van der Waals surface area contributed by atoms with Gasteiger partial charge in [0, 0.05) is 11.6 Å². The summed E-state index contributed by atoms with van der Waals surface area (Å²) in [5.41, 5.74) is 0.0935. The number of carbonyl (C=O) groups is 1. The predicted octanol–water partition coefficient (Wildman–Crippen LogP) is 0.355. The van der Waals surface area contributed by atoms with Crippen LogP contribution in [0.25, 0.3) is 0 Å². The number of esters is 1. The summed E-state index contributed by atoms with van der Waals surface area (Å²) in [6.07, 6.45) is 2.47. The first-order valence-electron chi connectivity index (χ1n) is 3.36. The smallest absolute Gasteiger partial charge is 0.310 e. The van der Waals surface area contributed by atoms with Gasteiger partial charge in [-0.1, -0.05) is 0 Å². The molecular weight excluding hydrogens is 160 g/mol. The molecule has 64 valence electrons. The molecule has 0 amide bonds. The molecule has 0 saturated carbocycles. The quantitative estimate of drug-likeness (QED) is 0.598. The lowest BCUT2D eigenvalue weighted by atomic mass is 10.2. The van der Waals surface area contributed by atoms with Gasteiger partial charge in [-0.3, -0.25) is 9.59 Å². The molecule has 12 heavy (non-hydrogen) atoms. The fourth-order valence-electron chi connectivity index (χ4n) is 0.744. The zero-order valence-corrected chi connectivity index (χ0v) is 6.57. The standard InChI is InChI=1S/C8H8O4/c1-11-8(10)4-6-5-12-3-2-7(6)9/h2-3,5H,4H2,1H3. The van der Waals surface area contributed by atoms with Crippen LogP contribution in [-0.4, -0.2) is 13.1 Å². The molecule has 0 aliphatic rings. The van der Waals surface area contributed by atoms with Crippen molar-refractivity contribution in [1.29, 1.82) is 0 Å². The van der Waals surface area contributed by atoms with Crippen molar-refractivity contribution >= 4 is 5.97 Å². The van der Waals surface area contributed by atoms with Crippen LogP contribution >= 0.6 is 0 Å². The molecule has 1 heterocycles. The number of carbonyl (C=O) groups excluding carboxylic acids is 1. The highest BCUT2D eigenvalue weighted by atomic mass is 16.5. The molecule has 0 aromatic carbocycles. The number of hydrogen-bond acceptors (Lipinski definition) is 4. The average molecular weight is 168 g/mol. The molecule has 0 N–H and O–H groups in total. The van der Waals surface area contributed by atoms with Gasteiger partial charge < -0.3 is 9.15 Å². The molecule has 4 nitrogen and oxygen atoms in total. The van der Waals surface area contributed by atoms with Gasteiger partial charge in [-0.15, -0.1) is 0 Å². The maximum atomic E-state index is 11.0. The van der Waals surface area contributed by atoms with Crippen LogP contribution in [0.1, 0.15) is 5.56 Å². The molecule has 0 saturated heterocycles. The maximum absolute atomic E-state index is 11.0. The molecule has 0 atom stereocenters. The summed E-state index contributed by atoms with van der Waals surface area (Å²) in [5.74, 6) is -0.450. The van der Waals surface area contributed by atoms with Crippen LogP contribution in [0.15, 0.2) is 27.8 Å². The highest BCUT2D eigenvalue weighted by molar-refractivity contribution is 5.72. The van der Waals surface area contributed by atoms with Crippen molar-refractivity contribution in [2.24, 2.45) is 0 Å². The SMILES string of the molecule is COC(=O)Cc1coccc1=O. The van der Waals surface area contributed by atoms with E-state index in [4.69, 9.17) is 4.42 Å². The Morgan fingerprint density at radius 3 is 3.00 bits per heavy atom. The van der Waals surface area contributed by atoms with Crippen LogP contribution in [0, 0.1) is 0 Å². The van der Waals surface area contributed by atoms with Gasteiger partial charge in [-0.2, -0.15) is 0 Å². The zero-order chi connectivity index (χ0) is 8.97. The van der Waals surface area contributed by atoms with Crippen LogP contribution < -0.4 is 5.43 Å². The predicted molar refractivity (Wildman–Crippen MR) is 40.7 cm³/mol. The van der Waals surface area contributed by atoms with Crippen molar-refractivity contribution in [3.63, 3.8) is 0 Å². The van der Waals surface area contributed by atoms with Crippen molar-refractivity contribution in [1.82, 2.24) is 0 Å². The largest absolute Gasteiger partial charge is 0.472 e. The van der Waals surface area contributed by atoms with Gasteiger partial charge in [0.1, 0.15) is 0 Å². The van der Waals surface area contributed by atoms with E-state index in [0.717, 1.165) is 0 Å². The third-order valence-electron chi connectivity index (χ3n) is 1.39. The third-order valence-corrected chi connectivity index (χ3v) is 1.39. The van der Waals surface area contributed by atoms with Gasteiger partial charge in [0.25, 0.3) is 0 Å². The topological polar surface area (TPSA) is 56.5 Å². The van der Waals surface area contributed by atoms with Gasteiger partial charge in [0.2, 0.25) is 0 Å². The van der Waals surface area contributed by atoms with E-state index in [1.807, 2.05) is 0 Å². The molecule has 0 radical (unpaired) electrons. The van der Waals surface area contributed by atoms with E-state index in [0.29, 0.717) is 5.56 Å². The monoisotopic (exact) mass is 168 g/mol. The Morgan fingerprint density at radius 2 is 2.42 bits per heavy atom. The minimum absolute atomic E-state index is 0.0420. The summed E-state index contributed by atoms with van der Waals surface area (Å²) in [6, 6.07) is 1.26. The van der Waals surface area contributed by atoms with Crippen LogP contribution in [0.4, 0.5) is 0 Å². The van der Waals surface area contributed by atoms with Gasteiger partial charge in [-0.25, -0.2) is 0 Å². The molecule has 0 aliphatic heterocycles. The highest BCUT2D eigenvalue weighted by Crippen LogP contribution is 1.93. The Balaban J connectivity index is 2.83. The number of rotatable bonds is 2. The Labute approximate surface area is 68.8 Å². The maximum Gasteiger partial charge on any atom is 0.310 e. The molecule has 4 heteroatoms. The van der Waals surface area contributed by atoms with Crippen LogP contribution in [0.2, 0.25) is 0 Å². The van der Waals surface area contributed by atoms with Crippen LogP contribution in [0.5, 0.6) is 0 Å². The van der Waals surface area contributed by atoms with Gasteiger partial charge in [-0.05, 0) is 0 Å². The second-order valence-corrected chi connectivity index (χ2v) is 2.20. The van der Waals surface area contributed by atoms with Gasteiger partial charge in [0.05, 0.1) is 26.1 Å². The van der Waals surface area contributed by atoms with E-state index < -0.39 is 5.97 Å². The lowest BCUT2D eigenvalue weighted by molar-refractivity contribution is -0.139. The van der Waals surface area contributed by atoms with E-state index in [2.05, 4.69) is 4.74 Å². The number of hydrogen-bond donors (Lipinski definition) is 0. The van der Waals surface area contributed by atoms with E-state index in [-0.39, 0.29) is 11.8 Å². The summed E-state index contributed by atoms with van der Waals surface area (Å²) >= 11 is 0. The fraction of sp³-hybridized carbons (Fsp3) is 0.250. The fourth-order valence-corrected chi connectivity index (χ4v) is 0.744. The molecule has 0 fully saturated rings. The van der Waals surface area contributed by atoms with Crippen molar-refractivity contribution in [2.45, 2.75) is 6.42 Å². The Hall–Kier alpha value is -1.58. The lowest BCUT2D eigenvalue weighted by Gasteiger charge is -1.96. The average Bonchev–Trinajstić information content (AvgIpc) is 2.09. The molecule has 0 aliphatic carbocycles. The Kier molecular flexibility index (Phi) is 2.63. The van der Waals surface area contributed by atoms with Gasteiger partial charge in [0.15, 0.2) is 5.43 Å². The third kappa shape index (κ3) is 1.95. The molecule has 1 aromatic rings.